The second-order valence-corrected chi connectivity index (χ2v) is 5.42. The lowest BCUT2D eigenvalue weighted by Gasteiger charge is -2.07. The van der Waals surface area contributed by atoms with Crippen molar-refractivity contribution < 1.29 is 9.53 Å². The van der Waals surface area contributed by atoms with Crippen molar-refractivity contribution in [1.82, 2.24) is 14.9 Å². The van der Waals surface area contributed by atoms with Crippen molar-refractivity contribution in [3.05, 3.63) is 47.5 Å². The molecule has 5 heteroatoms. The standard InChI is InChI=1S/C16H19N3O2/c1-11-9-13-10-12(3-4-14(13)21-11)16(20)18-6-5-15-17-7-8-19(15)2/h3-4,7-8,10-11H,5-6,9H2,1-2H3,(H,18,20)/t11-/m1/s1. The lowest BCUT2D eigenvalue weighted by molar-refractivity contribution is 0.0954. The number of carbonyl (C=O) groups is 1. The SMILES string of the molecule is C[C@@H]1Cc2cc(C(=O)NCCc3nccn3C)ccc2O1. The molecule has 0 bridgehead atoms. The van der Waals surface area contributed by atoms with E-state index in [-0.39, 0.29) is 12.0 Å². The first-order valence-electron chi connectivity index (χ1n) is 7.17. The number of aromatic nitrogens is 2. The Morgan fingerprint density at radius 2 is 2.38 bits per heavy atom. The maximum Gasteiger partial charge on any atom is 0.251 e. The van der Waals surface area contributed by atoms with Gasteiger partial charge in [-0.2, -0.15) is 0 Å². The first-order valence-corrected chi connectivity index (χ1v) is 7.17. The van der Waals surface area contributed by atoms with Crippen molar-refractivity contribution in [2.24, 2.45) is 7.05 Å². The molecule has 2 aromatic rings. The number of hydrogen-bond donors (Lipinski definition) is 1. The van der Waals surface area contributed by atoms with E-state index in [1.54, 1.807) is 6.20 Å². The number of benzene rings is 1. The van der Waals surface area contributed by atoms with E-state index in [1.807, 2.05) is 42.9 Å². The highest BCUT2D eigenvalue weighted by molar-refractivity contribution is 5.94. The fourth-order valence-electron chi connectivity index (χ4n) is 2.59. The summed E-state index contributed by atoms with van der Waals surface area (Å²) in [6.07, 6.45) is 5.45. The van der Waals surface area contributed by atoms with Gasteiger partial charge >= 0.3 is 0 Å². The van der Waals surface area contributed by atoms with E-state index in [1.165, 1.54) is 0 Å². The Hall–Kier alpha value is -2.30. The zero-order valence-electron chi connectivity index (χ0n) is 12.3. The second-order valence-electron chi connectivity index (χ2n) is 5.42. The number of rotatable bonds is 4. The van der Waals surface area contributed by atoms with E-state index in [4.69, 9.17) is 4.74 Å². The third kappa shape index (κ3) is 2.91. The molecule has 21 heavy (non-hydrogen) atoms. The van der Waals surface area contributed by atoms with Crippen LogP contribution >= 0.6 is 0 Å². The fourth-order valence-corrected chi connectivity index (χ4v) is 2.59. The largest absolute Gasteiger partial charge is 0.490 e. The van der Waals surface area contributed by atoms with E-state index >= 15 is 0 Å². The molecular weight excluding hydrogens is 266 g/mol. The van der Waals surface area contributed by atoms with Crippen LogP contribution in [0.4, 0.5) is 0 Å². The minimum absolute atomic E-state index is 0.0495. The Balaban J connectivity index is 1.59. The summed E-state index contributed by atoms with van der Waals surface area (Å²) in [7, 11) is 1.95. The molecule has 1 N–H and O–H groups in total. The third-order valence-corrected chi connectivity index (χ3v) is 3.71. The van der Waals surface area contributed by atoms with Crippen LogP contribution in [-0.2, 0) is 19.9 Å². The Morgan fingerprint density at radius 1 is 1.52 bits per heavy atom. The lowest BCUT2D eigenvalue weighted by Crippen LogP contribution is -2.26. The number of fused-ring (bicyclic) bond motifs is 1. The molecule has 0 fully saturated rings. The van der Waals surface area contributed by atoms with Crippen LogP contribution in [0.1, 0.15) is 28.7 Å². The summed E-state index contributed by atoms with van der Waals surface area (Å²) in [5.74, 6) is 1.81. The number of amides is 1. The minimum Gasteiger partial charge on any atom is -0.490 e. The number of aryl methyl sites for hydroxylation is 1. The predicted octanol–water partition coefficient (Wildman–Crippen LogP) is 1.72. The summed E-state index contributed by atoms with van der Waals surface area (Å²) in [4.78, 5) is 16.4. The van der Waals surface area contributed by atoms with Crippen LogP contribution in [0.15, 0.2) is 30.6 Å². The molecule has 0 saturated carbocycles. The maximum atomic E-state index is 12.2. The second kappa shape index (κ2) is 5.60. The molecule has 110 valence electrons. The van der Waals surface area contributed by atoms with E-state index in [9.17, 15) is 4.79 Å². The lowest BCUT2D eigenvalue weighted by atomic mass is 10.1. The van der Waals surface area contributed by atoms with Gasteiger partial charge in [0, 0.05) is 44.4 Å². The first kappa shape index (κ1) is 13.7. The van der Waals surface area contributed by atoms with Gasteiger partial charge in [-0.05, 0) is 30.7 Å². The minimum atomic E-state index is -0.0495. The molecule has 0 saturated heterocycles. The third-order valence-electron chi connectivity index (χ3n) is 3.71. The fraction of sp³-hybridized carbons (Fsp3) is 0.375. The molecular formula is C16H19N3O2. The quantitative estimate of drug-likeness (QED) is 0.930. The highest BCUT2D eigenvalue weighted by Crippen LogP contribution is 2.29. The van der Waals surface area contributed by atoms with Crippen LogP contribution in [0.25, 0.3) is 0 Å². The Kier molecular flexibility index (Phi) is 3.64. The molecule has 2 heterocycles. The molecule has 5 nitrogen and oxygen atoms in total. The maximum absolute atomic E-state index is 12.2. The Bertz CT molecular complexity index is 663. The molecule has 1 aliphatic heterocycles. The Morgan fingerprint density at radius 3 is 3.14 bits per heavy atom. The van der Waals surface area contributed by atoms with Crippen molar-refractivity contribution in [2.45, 2.75) is 25.9 Å². The number of ether oxygens (including phenoxy) is 1. The van der Waals surface area contributed by atoms with Crippen molar-refractivity contribution in [3.63, 3.8) is 0 Å². The van der Waals surface area contributed by atoms with Crippen molar-refractivity contribution in [3.8, 4) is 5.75 Å². The zero-order valence-corrected chi connectivity index (χ0v) is 12.3. The smallest absolute Gasteiger partial charge is 0.251 e. The van der Waals surface area contributed by atoms with Crippen LogP contribution in [0.2, 0.25) is 0 Å². The van der Waals surface area contributed by atoms with Gasteiger partial charge < -0.3 is 14.6 Å². The van der Waals surface area contributed by atoms with Gasteiger partial charge in [0.15, 0.2) is 0 Å². The number of carbonyl (C=O) groups excluding carboxylic acids is 1. The monoisotopic (exact) mass is 285 g/mol. The van der Waals surface area contributed by atoms with Crippen LogP contribution in [0, 0.1) is 0 Å². The van der Waals surface area contributed by atoms with Crippen LogP contribution in [0.5, 0.6) is 5.75 Å². The van der Waals surface area contributed by atoms with Crippen LogP contribution < -0.4 is 10.1 Å². The highest BCUT2D eigenvalue weighted by atomic mass is 16.5. The summed E-state index contributed by atoms with van der Waals surface area (Å²) >= 11 is 0. The van der Waals surface area contributed by atoms with Crippen molar-refractivity contribution >= 4 is 5.91 Å². The molecule has 1 aromatic heterocycles. The summed E-state index contributed by atoms with van der Waals surface area (Å²) in [6, 6.07) is 5.62. The number of nitrogens with zero attached hydrogens (tertiary/aromatic N) is 2. The zero-order chi connectivity index (χ0) is 14.8. The van der Waals surface area contributed by atoms with E-state index in [0.717, 1.165) is 30.0 Å². The van der Waals surface area contributed by atoms with Crippen molar-refractivity contribution in [1.29, 1.82) is 0 Å². The van der Waals surface area contributed by atoms with Gasteiger partial charge in [0.1, 0.15) is 17.7 Å². The summed E-state index contributed by atoms with van der Waals surface area (Å²) < 4.78 is 7.60. The molecule has 0 aliphatic carbocycles. The molecule has 1 atom stereocenters. The number of imidazole rings is 1. The average Bonchev–Trinajstić information content (AvgIpc) is 3.02. The summed E-state index contributed by atoms with van der Waals surface area (Å²) in [5.41, 5.74) is 1.80. The van der Waals surface area contributed by atoms with Gasteiger partial charge in [-0.15, -0.1) is 0 Å². The Labute approximate surface area is 124 Å². The van der Waals surface area contributed by atoms with Crippen LogP contribution in [0.3, 0.4) is 0 Å². The molecule has 0 spiro atoms. The van der Waals surface area contributed by atoms with Gasteiger partial charge in [-0.25, -0.2) is 4.98 Å². The molecule has 1 aromatic carbocycles. The normalized spacial score (nSPS) is 16.4. The molecule has 0 radical (unpaired) electrons. The van der Waals surface area contributed by atoms with Gasteiger partial charge in [-0.3, -0.25) is 4.79 Å². The first-order chi connectivity index (χ1) is 10.1. The van der Waals surface area contributed by atoms with Crippen molar-refractivity contribution in [2.75, 3.05) is 6.54 Å². The van der Waals surface area contributed by atoms with E-state index in [0.29, 0.717) is 12.1 Å². The molecule has 1 aliphatic rings. The van der Waals surface area contributed by atoms with E-state index < -0.39 is 0 Å². The molecule has 0 unspecified atom stereocenters. The van der Waals surface area contributed by atoms with E-state index in [2.05, 4.69) is 10.3 Å². The van der Waals surface area contributed by atoms with Gasteiger partial charge in [0.25, 0.3) is 5.91 Å². The number of hydrogen-bond acceptors (Lipinski definition) is 3. The topological polar surface area (TPSA) is 56.2 Å². The molecule has 1 amide bonds. The average molecular weight is 285 g/mol. The molecule has 3 rings (SSSR count). The summed E-state index contributed by atoms with van der Waals surface area (Å²) in [6.45, 7) is 2.61. The highest BCUT2D eigenvalue weighted by Gasteiger charge is 2.20. The van der Waals surface area contributed by atoms with Gasteiger partial charge in [0.05, 0.1) is 0 Å². The summed E-state index contributed by atoms with van der Waals surface area (Å²) in [5, 5.41) is 2.93. The van der Waals surface area contributed by atoms with Crippen LogP contribution in [-0.4, -0.2) is 28.1 Å². The number of nitrogens with one attached hydrogen (secondary N) is 1. The predicted molar refractivity (Wildman–Crippen MR) is 79.5 cm³/mol. The van der Waals surface area contributed by atoms with Gasteiger partial charge in [-0.1, -0.05) is 0 Å². The van der Waals surface area contributed by atoms with Gasteiger partial charge in [0.2, 0.25) is 0 Å².